The number of anilines is 2. The number of carbonyl (C=O) groups is 1. The van der Waals surface area contributed by atoms with Gasteiger partial charge in [-0.2, -0.15) is 0 Å². The van der Waals surface area contributed by atoms with Crippen LogP contribution in [0.4, 0.5) is 11.4 Å². The van der Waals surface area contributed by atoms with Crippen LogP contribution >= 0.6 is 0 Å². The Hall–Kier alpha value is -2.49. The summed E-state index contributed by atoms with van der Waals surface area (Å²) in [4.78, 5) is 11.9. The first-order valence-corrected chi connectivity index (χ1v) is 5.66. The lowest BCUT2D eigenvalue weighted by atomic mass is 10.1. The minimum absolute atomic E-state index is 0.102. The first kappa shape index (κ1) is 10.7. The fourth-order valence-electron chi connectivity index (χ4n) is 2.00. The van der Waals surface area contributed by atoms with E-state index in [1.54, 1.807) is 18.4 Å². The van der Waals surface area contributed by atoms with Crippen LogP contribution in [-0.2, 0) is 4.79 Å². The molecule has 2 heterocycles. The van der Waals surface area contributed by atoms with Crippen LogP contribution in [0.3, 0.4) is 0 Å². The standard InChI is InChI=1S/C14H12N2O2/c1-15-9-4-5-13-11(7-9)12(14(17)16-13)8-10-3-2-6-18-10/h2-8,15H,1H3,(H,16,17)/b12-8+. The molecule has 2 N–H and O–H groups in total. The summed E-state index contributed by atoms with van der Waals surface area (Å²) in [6.45, 7) is 0. The fourth-order valence-corrected chi connectivity index (χ4v) is 2.00. The van der Waals surface area contributed by atoms with Crippen molar-refractivity contribution >= 4 is 28.9 Å². The number of fused-ring (bicyclic) bond motifs is 1. The quantitative estimate of drug-likeness (QED) is 0.793. The summed E-state index contributed by atoms with van der Waals surface area (Å²) < 4.78 is 5.24. The van der Waals surface area contributed by atoms with Crippen molar-refractivity contribution in [3.05, 3.63) is 47.9 Å². The molecule has 1 aliphatic rings. The van der Waals surface area contributed by atoms with Crippen LogP contribution in [0.5, 0.6) is 0 Å². The summed E-state index contributed by atoms with van der Waals surface area (Å²) in [5.74, 6) is 0.567. The Labute approximate surface area is 104 Å². The van der Waals surface area contributed by atoms with Gasteiger partial charge in [-0.1, -0.05) is 0 Å². The lowest BCUT2D eigenvalue weighted by Crippen LogP contribution is -2.03. The molecule has 1 aromatic carbocycles. The number of furan rings is 1. The second-order valence-corrected chi connectivity index (χ2v) is 4.04. The Bertz CT molecular complexity index is 627. The van der Waals surface area contributed by atoms with E-state index in [1.165, 1.54) is 0 Å². The number of benzene rings is 1. The number of hydrogen-bond acceptors (Lipinski definition) is 3. The number of carbonyl (C=O) groups excluding carboxylic acids is 1. The van der Waals surface area contributed by atoms with Crippen molar-refractivity contribution in [2.24, 2.45) is 0 Å². The Morgan fingerprint density at radius 3 is 2.94 bits per heavy atom. The second-order valence-electron chi connectivity index (χ2n) is 4.04. The van der Waals surface area contributed by atoms with E-state index < -0.39 is 0 Å². The third kappa shape index (κ3) is 1.68. The monoisotopic (exact) mass is 240 g/mol. The van der Waals surface area contributed by atoms with Gasteiger partial charge in [-0.15, -0.1) is 0 Å². The predicted molar refractivity (Wildman–Crippen MR) is 71.2 cm³/mol. The third-order valence-corrected chi connectivity index (χ3v) is 2.92. The number of amides is 1. The zero-order valence-corrected chi connectivity index (χ0v) is 9.86. The maximum absolute atomic E-state index is 11.9. The van der Waals surface area contributed by atoms with E-state index in [0.717, 1.165) is 16.9 Å². The second kappa shape index (κ2) is 4.07. The molecule has 0 spiro atoms. The van der Waals surface area contributed by atoms with Crippen LogP contribution in [0.1, 0.15) is 11.3 Å². The molecular formula is C14H12N2O2. The smallest absolute Gasteiger partial charge is 0.256 e. The molecule has 0 unspecified atom stereocenters. The van der Waals surface area contributed by atoms with Gasteiger partial charge in [0.05, 0.1) is 11.8 Å². The van der Waals surface area contributed by atoms with Crippen LogP contribution in [0.2, 0.25) is 0 Å². The van der Waals surface area contributed by atoms with Gasteiger partial charge in [0.15, 0.2) is 0 Å². The number of nitrogens with one attached hydrogen (secondary N) is 2. The molecule has 2 aromatic rings. The van der Waals surface area contributed by atoms with Crippen LogP contribution in [-0.4, -0.2) is 13.0 Å². The van der Waals surface area contributed by atoms with Gasteiger partial charge in [-0.05, 0) is 36.4 Å². The summed E-state index contributed by atoms with van der Waals surface area (Å²) in [7, 11) is 1.85. The van der Waals surface area contributed by atoms with E-state index in [1.807, 2.05) is 31.3 Å². The van der Waals surface area contributed by atoms with Crippen molar-refractivity contribution in [2.75, 3.05) is 17.7 Å². The van der Waals surface area contributed by atoms with Gasteiger partial charge >= 0.3 is 0 Å². The van der Waals surface area contributed by atoms with Crippen LogP contribution in [0.15, 0.2) is 41.0 Å². The Morgan fingerprint density at radius 1 is 1.33 bits per heavy atom. The zero-order valence-electron chi connectivity index (χ0n) is 9.86. The maximum atomic E-state index is 11.9. The molecule has 18 heavy (non-hydrogen) atoms. The average molecular weight is 240 g/mol. The van der Waals surface area contributed by atoms with Gasteiger partial charge in [0.25, 0.3) is 5.91 Å². The molecule has 0 bridgehead atoms. The average Bonchev–Trinajstić information content (AvgIpc) is 2.99. The van der Waals surface area contributed by atoms with Gasteiger partial charge in [-0.25, -0.2) is 0 Å². The topological polar surface area (TPSA) is 54.3 Å². The summed E-state index contributed by atoms with van der Waals surface area (Å²) >= 11 is 0. The highest BCUT2D eigenvalue weighted by Gasteiger charge is 2.24. The molecule has 4 nitrogen and oxygen atoms in total. The third-order valence-electron chi connectivity index (χ3n) is 2.92. The minimum atomic E-state index is -0.102. The first-order chi connectivity index (χ1) is 8.78. The molecule has 1 amide bonds. The highest BCUT2D eigenvalue weighted by molar-refractivity contribution is 6.34. The van der Waals surface area contributed by atoms with Crippen LogP contribution in [0, 0.1) is 0 Å². The van der Waals surface area contributed by atoms with Crippen molar-refractivity contribution in [3.8, 4) is 0 Å². The molecule has 0 aliphatic carbocycles. The van der Waals surface area contributed by atoms with E-state index in [-0.39, 0.29) is 5.91 Å². The SMILES string of the molecule is CNc1ccc2c(c1)/C(=C\c1ccco1)C(=O)N2. The number of rotatable bonds is 2. The van der Waals surface area contributed by atoms with Crippen molar-refractivity contribution in [2.45, 2.75) is 0 Å². The molecule has 0 atom stereocenters. The summed E-state index contributed by atoms with van der Waals surface area (Å²) in [6.07, 6.45) is 3.34. The highest BCUT2D eigenvalue weighted by atomic mass is 16.3. The molecule has 0 saturated carbocycles. The van der Waals surface area contributed by atoms with Crippen molar-refractivity contribution in [3.63, 3.8) is 0 Å². The zero-order chi connectivity index (χ0) is 12.5. The van der Waals surface area contributed by atoms with E-state index in [2.05, 4.69) is 10.6 Å². The Kier molecular flexibility index (Phi) is 2.41. The molecule has 4 heteroatoms. The fraction of sp³-hybridized carbons (Fsp3) is 0.0714. The summed E-state index contributed by atoms with van der Waals surface area (Å²) in [6, 6.07) is 9.38. The van der Waals surface area contributed by atoms with Crippen molar-refractivity contribution in [1.29, 1.82) is 0 Å². The molecule has 0 radical (unpaired) electrons. The van der Waals surface area contributed by atoms with Gasteiger partial charge in [0.2, 0.25) is 0 Å². The van der Waals surface area contributed by atoms with Gasteiger partial charge < -0.3 is 15.1 Å². The Balaban J connectivity index is 2.10. The molecule has 3 rings (SSSR count). The largest absolute Gasteiger partial charge is 0.465 e. The molecule has 90 valence electrons. The minimum Gasteiger partial charge on any atom is -0.465 e. The highest BCUT2D eigenvalue weighted by Crippen LogP contribution is 2.34. The molecule has 0 saturated heterocycles. The number of hydrogen-bond donors (Lipinski definition) is 2. The van der Waals surface area contributed by atoms with E-state index >= 15 is 0 Å². The van der Waals surface area contributed by atoms with Gasteiger partial charge in [0.1, 0.15) is 5.76 Å². The van der Waals surface area contributed by atoms with Crippen molar-refractivity contribution < 1.29 is 9.21 Å². The summed E-state index contributed by atoms with van der Waals surface area (Å²) in [5.41, 5.74) is 3.31. The molecule has 0 fully saturated rings. The first-order valence-electron chi connectivity index (χ1n) is 5.66. The maximum Gasteiger partial charge on any atom is 0.256 e. The van der Waals surface area contributed by atoms with Gasteiger partial charge in [0, 0.05) is 24.0 Å². The predicted octanol–water partition coefficient (Wildman–Crippen LogP) is 2.81. The Morgan fingerprint density at radius 2 is 2.22 bits per heavy atom. The van der Waals surface area contributed by atoms with Crippen molar-refractivity contribution in [1.82, 2.24) is 0 Å². The molecule has 1 aromatic heterocycles. The lowest BCUT2D eigenvalue weighted by Gasteiger charge is -2.03. The molecule has 1 aliphatic heterocycles. The normalized spacial score (nSPS) is 15.6. The summed E-state index contributed by atoms with van der Waals surface area (Å²) in [5, 5.41) is 5.90. The van der Waals surface area contributed by atoms with Gasteiger partial charge in [-0.3, -0.25) is 4.79 Å². The van der Waals surface area contributed by atoms with E-state index in [9.17, 15) is 4.79 Å². The van der Waals surface area contributed by atoms with E-state index in [0.29, 0.717) is 11.3 Å². The molecular weight excluding hydrogens is 228 g/mol. The van der Waals surface area contributed by atoms with Crippen LogP contribution in [0.25, 0.3) is 11.6 Å². The lowest BCUT2D eigenvalue weighted by molar-refractivity contribution is -0.110. The van der Waals surface area contributed by atoms with Crippen LogP contribution < -0.4 is 10.6 Å². The van der Waals surface area contributed by atoms with E-state index in [4.69, 9.17) is 4.42 Å².